The molecule has 4 heteroatoms. The van der Waals surface area contributed by atoms with E-state index in [2.05, 4.69) is 11.8 Å². The molecule has 1 aliphatic rings. The Bertz CT molecular complexity index is 1330. The van der Waals surface area contributed by atoms with E-state index in [0.717, 1.165) is 22.6 Å². The summed E-state index contributed by atoms with van der Waals surface area (Å²) >= 11 is 0. The minimum Gasteiger partial charge on any atom is -0.489 e. The summed E-state index contributed by atoms with van der Waals surface area (Å²) in [7, 11) is 0. The fraction of sp³-hybridized carbons (Fsp3) is 0.111. The number of carboxylic acid groups (broad SMARTS) is 1. The van der Waals surface area contributed by atoms with E-state index in [0.29, 0.717) is 29.5 Å². The number of para-hydroxylation sites is 1. The van der Waals surface area contributed by atoms with Crippen LogP contribution < -0.4 is 4.74 Å². The van der Waals surface area contributed by atoms with Crippen molar-refractivity contribution in [2.45, 2.75) is 18.9 Å². The average Bonchev–Trinajstić information content (AvgIpc) is 2.81. The Hall–Kier alpha value is -4.10. The molecule has 0 spiro atoms. The van der Waals surface area contributed by atoms with E-state index in [-0.39, 0.29) is 11.5 Å². The first-order chi connectivity index (χ1) is 15.2. The summed E-state index contributed by atoms with van der Waals surface area (Å²) in [5.41, 5.74) is 4.39. The molecule has 4 nitrogen and oxygen atoms in total. The van der Waals surface area contributed by atoms with Gasteiger partial charge in [-0.25, -0.2) is 4.79 Å². The lowest BCUT2D eigenvalue weighted by atomic mass is 9.87. The summed E-state index contributed by atoms with van der Waals surface area (Å²) in [6.45, 7) is 0.520. The fourth-order valence-electron chi connectivity index (χ4n) is 3.91. The first-order valence-electron chi connectivity index (χ1n) is 10.1. The van der Waals surface area contributed by atoms with Crippen molar-refractivity contribution in [2.24, 2.45) is 0 Å². The minimum atomic E-state index is -0.970. The van der Waals surface area contributed by atoms with Crippen LogP contribution in [0.15, 0.2) is 78.9 Å². The van der Waals surface area contributed by atoms with Crippen LogP contribution in [0.5, 0.6) is 5.75 Å². The summed E-state index contributed by atoms with van der Waals surface area (Å²) < 4.78 is 5.87. The van der Waals surface area contributed by atoms with Crippen LogP contribution in [0.25, 0.3) is 10.9 Å². The van der Waals surface area contributed by atoms with Crippen LogP contribution in [0.1, 0.15) is 38.7 Å². The quantitative estimate of drug-likeness (QED) is 0.464. The van der Waals surface area contributed by atoms with Gasteiger partial charge in [0.15, 0.2) is 0 Å². The topological polar surface area (TPSA) is 59.4 Å². The zero-order valence-corrected chi connectivity index (χ0v) is 16.7. The molecule has 1 aliphatic carbocycles. The number of hydrogen-bond donors (Lipinski definition) is 1. The Balaban J connectivity index is 1.40. The Morgan fingerprint density at radius 2 is 1.74 bits per heavy atom. The second-order valence-corrected chi connectivity index (χ2v) is 7.50. The van der Waals surface area contributed by atoms with E-state index in [1.54, 1.807) is 6.07 Å². The average molecular weight is 405 g/mol. The van der Waals surface area contributed by atoms with Crippen molar-refractivity contribution >= 4 is 16.9 Å². The maximum absolute atomic E-state index is 11.9. The molecular weight excluding hydrogens is 386 g/mol. The summed E-state index contributed by atoms with van der Waals surface area (Å²) in [6, 6.07) is 25.3. The summed E-state index contributed by atoms with van der Waals surface area (Å²) in [5.74, 6) is 6.12. The minimum absolute atomic E-state index is 0.0361. The first kappa shape index (κ1) is 18.9. The molecule has 31 heavy (non-hydrogen) atoms. The molecule has 3 aromatic carbocycles. The van der Waals surface area contributed by atoms with Gasteiger partial charge in [-0.05, 0) is 29.3 Å². The molecule has 0 amide bonds. The molecule has 150 valence electrons. The standard InChI is InChI=1S/C27H19NO3/c29-27(30)26-22-8-4-5-9-24(22)28-25-16-20(12-15-23(25)26)19-10-13-21(14-11-19)31-17-18-6-2-1-3-7-18/h1-11,13-14,20H,16-17H2,(H,29,30). The highest BCUT2D eigenvalue weighted by Gasteiger charge is 2.24. The SMILES string of the molecule is O=C(O)c1c2c(nc3ccccc13)CC(c1ccc(OCc3ccccc3)cc1)C#C2. The summed E-state index contributed by atoms with van der Waals surface area (Å²) in [5, 5.41) is 10.4. The number of aromatic nitrogens is 1. The fourth-order valence-corrected chi connectivity index (χ4v) is 3.91. The maximum Gasteiger partial charge on any atom is 0.337 e. The Morgan fingerprint density at radius 3 is 2.52 bits per heavy atom. The van der Waals surface area contributed by atoms with Gasteiger partial charge in [-0.2, -0.15) is 0 Å². The van der Waals surface area contributed by atoms with Gasteiger partial charge >= 0.3 is 5.97 Å². The number of benzene rings is 3. The van der Waals surface area contributed by atoms with E-state index >= 15 is 0 Å². The monoisotopic (exact) mass is 405 g/mol. The molecule has 0 radical (unpaired) electrons. The predicted octanol–water partition coefficient (Wildman–Crippen LogP) is 5.20. The number of hydrogen-bond acceptors (Lipinski definition) is 3. The second kappa shape index (κ2) is 7.97. The Morgan fingerprint density at radius 1 is 1.00 bits per heavy atom. The molecule has 1 unspecified atom stereocenters. The molecule has 0 saturated carbocycles. The van der Waals surface area contributed by atoms with Crippen LogP contribution in [0, 0.1) is 11.8 Å². The van der Waals surface area contributed by atoms with Crippen molar-refractivity contribution in [3.8, 4) is 17.6 Å². The number of fused-ring (bicyclic) bond motifs is 2. The van der Waals surface area contributed by atoms with Crippen LogP contribution in [0.4, 0.5) is 0 Å². The number of aromatic carboxylic acids is 1. The molecule has 1 atom stereocenters. The Kier molecular flexibility index (Phi) is 4.86. The molecule has 4 aromatic rings. The first-order valence-corrected chi connectivity index (χ1v) is 10.1. The molecule has 1 aromatic heterocycles. The van der Waals surface area contributed by atoms with Crippen LogP contribution in [0.3, 0.4) is 0 Å². The highest BCUT2D eigenvalue weighted by molar-refractivity contribution is 6.05. The van der Waals surface area contributed by atoms with Crippen molar-refractivity contribution in [1.29, 1.82) is 0 Å². The van der Waals surface area contributed by atoms with Crippen molar-refractivity contribution in [1.82, 2.24) is 4.98 Å². The van der Waals surface area contributed by atoms with Crippen molar-refractivity contribution < 1.29 is 14.6 Å². The van der Waals surface area contributed by atoms with Gasteiger partial charge in [0, 0.05) is 11.8 Å². The van der Waals surface area contributed by atoms with E-state index in [1.165, 1.54) is 0 Å². The van der Waals surface area contributed by atoms with E-state index in [9.17, 15) is 9.90 Å². The van der Waals surface area contributed by atoms with Crippen LogP contribution >= 0.6 is 0 Å². The molecule has 0 aliphatic heterocycles. The van der Waals surface area contributed by atoms with Crippen molar-refractivity contribution in [2.75, 3.05) is 0 Å². The van der Waals surface area contributed by atoms with Gasteiger partial charge in [0.25, 0.3) is 0 Å². The zero-order valence-electron chi connectivity index (χ0n) is 16.7. The van der Waals surface area contributed by atoms with Crippen LogP contribution in [-0.2, 0) is 13.0 Å². The number of carbonyl (C=O) groups is 1. The lowest BCUT2D eigenvalue weighted by molar-refractivity contribution is 0.0698. The normalized spacial score (nSPS) is 14.4. The molecule has 0 bridgehead atoms. The van der Waals surface area contributed by atoms with Crippen LogP contribution in [-0.4, -0.2) is 16.1 Å². The third kappa shape index (κ3) is 3.74. The molecule has 1 heterocycles. The highest BCUT2D eigenvalue weighted by Crippen LogP contribution is 2.31. The number of carboxylic acids is 1. The molecular formula is C27H19NO3. The third-order valence-corrected chi connectivity index (χ3v) is 5.48. The number of nitrogens with zero attached hydrogens (tertiary/aromatic N) is 1. The molecule has 1 N–H and O–H groups in total. The van der Waals surface area contributed by atoms with Gasteiger partial charge in [-0.15, -0.1) is 0 Å². The van der Waals surface area contributed by atoms with E-state index in [1.807, 2.05) is 72.8 Å². The highest BCUT2D eigenvalue weighted by atomic mass is 16.5. The van der Waals surface area contributed by atoms with E-state index in [4.69, 9.17) is 9.72 Å². The second-order valence-electron chi connectivity index (χ2n) is 7.50. The van der Waals surface area contributed by atoms with E-state index < -0.39 is 5.97 Å². The van der Waals surface area contributed by atoms with Gasteiger partial charge in [0.2, 0.25) is 0 Å². The van der Waals surface area contributed by atoms with Crippen LogP contribution in [0.2, 0.25) is 0 Å². The lowest BCUT2D eigenvalue weighted by Crippen LogP contribution is -2.13. The van der Waals surface area contributed by atoms with Gasteiger partial charge in [-0.1, -0.05) is 72.5 Å². The molecule has 0 saturated heterocycles. The Labute approximate surface area is 180 Å². The van der Waals surface area contributed by atoms with Gasteiger partial charge in [0.05, 0.1) is 28.3 Å². The van der Waals surface area contributed by atoms with Crippen molar-refractivity contribution in [3.05, 3.63) is 107 Å². The van der Waals surface area contributed by atoms with Gasteiger partial charge < -0.3 is 9.84 Å². The number of ether oxygens (including phenoxy) is 1. The van der Waals surface area contributed by atoms with Gasteiger partial charge in [0.1, 0.15) is 12.4 Å². The number of rotatable bonds is 5. The number of pyridine rings is 1. The van der Waals surface area contributed by atoms with Gasteiger partial charge in [-0.3, -0.25) is 4.98 Å². The maximum atomic E-state index is 11.9. The lowest BCUT2D eigenvalue weighted by Gasteiger charge is -2.19. The largest absolute Gasteiger partial charge is 0.489 e. The third-order valence-electron chi connectivity index (χ3n) is 5.48. The summed E-state index contributed by atoms with van der Waals surface area (Å²) in [6.07, 6.45) is 0.581. The molecule has 5 rings (SSSR count). The van der Waals surface area contributed by atoms with Crippen molar-refractivity contribution in [3.63, 3.8) is 0 Å². The zero-order chi connectivity index (χ0) is 21.2. The molecule has 0 fully saturated rings. The smallest absolute Gasteiger partial charge is 0.337 e. The predicted molar refractivity (Wildman–Crippen MR) is 119 cm³/mol. The summed E-state index contributed by atoms with van der Waals surface area (Å²) in [4.78, 5) is 16.7.